The van der Waals surface area contributed by atoms with Gasteiger partial charge < -0.3 is 16.2 Å². The highest BCUT2D eigenvalue weighted by Crippen LogP contribution is 2.21. The number of hydrogen-bond donors (Lipinski definition) is 3. The van der Waals surface area contributed by atoms with E-state index >= 15 is 0 Å². The summed E-state index contributed by atoms with van der Waals surface area (Å²) in [6.45, 7) is 0. The number of carboxylic acids is 1. The molecule has 1 aromatic carbocycles. The molecule has 0 aliphatic heterocycles. The Morgan fingerprint density at radius 2 is 2.06 bits per heavy atom. The first-order chi connectivity index (χ1) is 8.58. The molecule has 0 bridgehead atoms. The molecule has 4 N–H and O–H groups in total. The van der Waals surface area contributed by atoms with Crippen molar-refractivity contribution in [3.63, 3.8) is 0 Å². The number of nitrogen functional groups attached to an aromatic ring is 1. The molecule has 0 saturated carbocycles. The minimum atomic E-state index is -1.11. The van der Waals surface area contributed by atoms with Gasteiger partial charge in [0.25, 0.3) is 5.91 Å². The molecule has 1 aromatic heterocycles. The molecule has 92 valence electrons. The van der Waals surface area contributed by atoms with Crippen LogP contribution in [0.15, 0.2) is 35.7 Å². The van der Waals surface area contributed by atoms with E-state index in [2.05, 4.69) is 5.32 Å². The maximum absolute atomic E-state index is 11.8. The molecule has 0 unspecified atom stereocenters. The minimum absolute atomic E-state index is 0.00843. The van der Waals surface area contributed by atoms with Crippen molar-refractivity contribution in [2.45, 2.75) is 0 Å². The molecular formula is C12H10N2O3S. The number of nitrogens with one attached hydrogen (secondary N) is 1. The third-order valence-electron chi connectivity index (χ3n) is 2.27. The van der Waals surface area contributed by atoms with E-state index < -0.39 is 5.97 Å². The molecule has 6 heteroatoms. The standard InChI is InChI=1S/C12H10N2O3S/c13-7-3-4-8(12(16)17)9(6-7)14-11(15)10-2-1-5-18-10/h1-6H,13H2,(H,14,15)(H,16,17). The van der Waals surface area contributed by atoms with E-state index in [0.717, 1.165) is 0 Å². The van der Waals surface area contributed by atoms with Crippen molar-refractivity contribution in [2.75, 3.05) is 11.1 Å². The number of amides is 1. The molecule has 0 spiro atoms. The van der Waals surface area contributed by atoms with Crippen molar-refractivity contribution in [1.82, 2.24) is 0 Å². The highest BCUT2D eigenvalue weighted by atomic mass is 32.1. The van der Waals surface area contributed by atoms with Gasteiger partial charge in [0.15, 0.2) is 0 Å². The lowest BCUT2D eigenvalue weighted by molar-refractivity contribution is 0.0698. The summed E-state index contributed by atoms with van der Waals surface area (Å²) in [5.41, 5.74) is 6.17. The van der Waals surface area contributed by atoms with Gasteiger partial charge in [-0.1, -0.05) is 6.07 Å². The number of carboxylic acid groups (broad SMARTS) is 1. The molecule has 1 heterocycles. The summed E-state index contributed by atoms with van der Waals surface area (Å²) >= 11 is 1.28. The highest BCUT2D eigenvalue weighted by molar-refractivity contribution is 7.12. The van der Waals surface area contributed by atoms with E-state index in [1.165, 1.54) is 29.5 Å². The molecule has 0 atom stereocenters. The Morgan fingerprint density at radius 3 is 2.67 bits per heavy atom. The molecular weight excluding hydrogens is 252 g/mol. The Balaban J connectivity index is 2.31. The average molecular weight is 262 g/mol. The first-order valence-corrected chi connectivity index (χ1v) is 5.93. The Kier molecular flexibility index (Phi) is 3.29. The van der Waals surface area contributed by atoms with Gasteiger partial charge in [-0.25, -0.2) is 4.79 Å². The second-order valence-electron chi connectivity index (χ2n) is 3.54. The summed E-state index contributed by atoms with van der Waals surface area (Å²) in [4.78, 5) is 23.3. The maximum Gasteiger partial charge on any atom is 0.337 e. The zero-order valence-corrected chi connectivity index (χ0v) is 10.0. The van der Waals surface area contributed by atoms with Crippen molar-refractivity contribution in [1.29, 1.82) is 0 Å². The average Bonchev–Trinajstić information content (AvgIpc) is 2.81. The van der Waals surface area contributed by atoms with Crippen LogP contribution in [0.5, 0.6) is 0 Å². The van der Waals surface area contributed by atoms with Gasteiger partial charge in [0.05, 0.1) is 16.1 Å². The SMILES string of the molecule is Nc1ccc(C(=O)O)c(NC(=O)c2cccs2)c1. The lowest BCUT2D eigenvalue weighted by Gasteiger charge is -2.08. The number of nitrogens with two attached hydrogens (primary N) is 1. The van der Waals surface area contributed by atoms with Crippen LogP contribution in [0, 0.1) is 0 Å². The van der Waals surface area contributed by atoms with Crippen LogP contribution < -0.4 is 11.1 Å². The highest BCUT2D eigenvalue weighted by Gasteiger charge is 2.14. The monoisotopic (exact) mass is 262 g/mol. The van der Waals surface area contributed by atoms with Crippen LogP contribution in [0.25, 0.3) is 0 Å². The van der Waals surface area contributed by atoms with Gasteiger partial charge in [0, 0.05) is 5.69 Å². The Bertz CT molecular complexity index is 593. The Hall–Kier alpha value is -2.34. The van der Waals surface area contributed by atoms with Crippen molar-refractivity contribution in [3.05, 3.63) is 46.2 Å². The maximum atomic E-state index is 11.8. The fraction of sp³-hybridized carbons (Fsp3) is 0. The lowest BCUT2D eigenvalue weighted by atomic mass is 10.1. The van der Waals surface area contributed by atoms with Crippen LogP contribution in [0.3, 0.4) is 0 Å². The molecule has 5 nitrogen and oxygen atoms in total. The third-order valence-corrected chi connectivity index (χ3v) is 3.14. The number of anilines is 2. The van der Waals surface area contributed by atoms with Crippen LogP contribution in [0.1, 0.15) is 20.0 Å². The Labute approximate surface area is 107 Å². The number of hydrogen-bond acceptors (Lipinski definition) is 4. The first kappa shape index (κ1) is 12.1. The van der Waals surface area contributed by atoms with Crippen molar-refractivity contribution >= 4 is 34.6 Å². The predicted octanol–water partition coefficient (Wildman–Crippen LogP) is 2.28. The predicted molar refractivity (Wildman–Crippen MR) is 70.1 cm³/mol. The summed E-state index contributed by atoms with van der Waals surface area (Å²) in [6, 6.07) is 7.67. The van der Waals surface area contributed by atoms with E-state index in [1.54, 1.807) is 17.5 Å². The number of carbonyl (C=O) groups is 2. The van der Waals surface area contributed by atoms with Gasteiger partial charge in [-0.15, -0.1) is 11.3 Å². The van der Waals surface area contributed by atoms with E-state index in [4.69, 9.17) is 10.8 Å². The summed E-state index contributed by atoms with van der Waals surface area (Å²) in [7, 11) is 0. The molecule has 0 saturated heterocycles. The van der Waals surface area contributed by atoms with Crippen molar-refractivity contribution in [2.24, 2.45) is 0 Å². The normalized spacial score (nSPS) is 10.0. The number of rotatable bonds is 3. The van der Waals surface area contributed by atoms with E-state index in [1.807, 2.05) is 0 Å². The summed E-state index contributed by atoms with van der Waals surface area (Å²) in [5, 5.41) is 13.3. The van der Waals surface area contributed by atoms with Crippen LogP contribution in [0.2, 0.25) is 0 Å². The number of carbonyl (C=O) groups excluding carboxylic acids is 1. The van der Waals surface area contributed by atoms with E-state index in [-0.39, 0.29) is 17.2 Å². The smallest absolute Gasteiger partial charge is 0.337 e. The van der Waals surface area contributed by atoms with E-state index in [9.17, 15) is 9.59 Å². The van der Waals surface area contributed by atoms with Gasteiger partial charge in [0.2, 0.25) is 0 Å². The van der Waals surface area contributed by atoms with Crippen molar-refractivity contribution in [3.8, 4) is 0 Å². The summed E-state index contributed by atoms with van der Waals surface area (Å²) in [6.07, 6.45) is 0. The van der Waals surface area contributed by atoms with Crippen molar-refractivity contribution < 1.29 is 14.7 Å². The number of thiophene rings is 1. The van der Waals surface area contributed by atoms with Crippen LogP contribution in [-0.2, 0) is 0 Å². The molecule has 0 aliphatic rings. The largest absolute Gasteiger partial charge is 0.478 e. The minimum Gasteiger partial charge on any atom is -0.478 e. The van der Waals surface area contributed by atoms with Gasteiger partial charge >= 0.3 is 5.97 Å². The third kappa shape index (κ3) is 2.49. The van der Waals surface area contributed by atoms with Crippen LogP contribution in [-0.4, -0.2) is 17.0 Å². The van der Waals surface area contributed by atoms with Crippen LogP contribution >= 0.6 is 11.3 Å². The Morgan fingerprint density at radius 1 is 1.28 bits per heavy atom. The molecule has 2 rings (SSSR count). The van der Waals surface area contributed by atoms with E-state index in [0.29, 0.717) is 10.6 Å². The fourth-order valence-electron chi connectivity index (χ4n) is 1.44. The molecule has 18 heavy (non-hydrogen) atoms. The zero-order chi connectivity index (χ0) is 13.1. The molecule has 0 aliphatic carbocycles. The van der Waals surface area contributed by atoms with Crippen LogP contribution in [0.4, 0.5) is 11.4 Å². The quantitative estimate of drug-likeness (QED) is 0.740. The lowest BCUT2D eigenvalue weighted by Crippen LogP contribution is -2.13. The fourth-order valence-corrected chi connectivity index (χ4v) is 2.06. The topological polar surface area (TPSA) is 92.4 Å². The molecule has 1 amide bonds. The first-order valence-electron chi connectivity index (χ1n) is 5.05. The van der Waals surface area contributed by atoms with Gasteiger partial charge in [-0.3, -0.25) is 4.79 Å². The summed E-state index contributed by atoms with van der Waals surface area (Å²) in [5.74, 6) is -1.46. The van der Waals surface area contributed by atoms with Gasteiger partial charge in [-0.2, -0.15) is 0 Å². The second-order valence-corrected chi connectivity index (χ2v) is 4.49. The zero-order valence-electron chi connectivity index (χ0n) is 9.21. The summed E-state index contributed by atoms with van der Waals surface area (Å²) < 4.78 is 0. The second kappa shape index (κ2) is 4.89. The number of benzene rings is 1. The van der Waals surface area contributed by atoms with Gasteiger partial charge in [-0.05, 0) is 29.6 Å². The molecule has 2 aromatic rings. The van der Waals surface area contributed by atoms with Gasteiger partial charge in [0.1, 0.15) is 0 Å². The number of aromatic carboxylic acids is 1. The molecule has 0 fully saturated rings. The molecule has 0 radical (unpaired) electrons.